The van der Waals surface area contributed by atoms with E-state index in [1.54, 1.807) is 13.0 Å². The Morgan fingerprint density at radius 3 is 2.86 bits per heavy atom. The van der Waals surface area contributed by atoms with Crippen LogP contribution in [0.4, 0.5) is 0 Å². The fourth-order valence-electron chi connectivity index (χ4n) is 1.03. The van der Waals surface area contributed by atoms with Gasteiger partial charge < -0.3 is 5.11 Å². The van der Waals surface area contributed by atoms with Crippen LogP contribution in [0.15, 0.2) is 17.8 Å². The van der Waals surface area contributed by atoms with Gasteiger partial charge in [0.15, 0.2) is 0 Å². The molecular formula is C9H15N3O2. The maximum atomic E-state index is 11.4. The number of carbonyl (C=O) groups excluding carboxylic acids is 1. The summed E-state index contributed by atoms with van der Waals surface area (Å²) in [5.41, 5.74) is 8.23. The molecule has 5 nitrogen and oxygen atoms in total. The summed E-state index contributed by atoms with van der Waals surface area (Å²) in [7, 11) is 0. The second-order valence-corrected chi connectivity index (χ2v) is 2.92. The number of hydrogen-bond acceptors (Lipinski definition) is 3. The molecule has 0 amide bonds. The van der Waals surface area contributed by atoms with Crippen LogP contribution in [0.5, 0.6) is 0 Å². The van der Waals surface area contributed by atoms with E-state index in [-0.39, 0.29) is 12.2 Å². The van der Waals surface area contributed by atoms with Crippen molar-refractivity contribution in [3.8, 4) is 0 Å². The minimum Gasteiger partial charge on any atom is -0.392 e. The highest BCUT2D eigenvalue weighted by molar-refractivity contribution is 5.84. The van der Waals surface area contributed by atoms with E-state index < -0.39 is 12.1 Å². The van der Waals surface area contributed by atoms with Crippen molar-refractivity contribution < 1.29 is 9.90 Å². The minimum atomic E-state index is -0.954. The largest absolute Gasteiger partial charge is 0.392 e. The quantitative estimate of drug-likeness (QED) is 0.293. The van der Waals surface area contributed by atoms with Crippen molar-refractivity contribution >= 4 is 5.78 Å². The number of ketones is 1. The van der Waals surface area contributed by atoms with Gasteiger partial charge >= 0.3 is 0 Å². The number of aliphatic hydroxyl groups is 1. The smallest absolute Gasteiger partial charge is 0.144 e. The van der Waals surface area contributed by atoms with Crippen LogP contribution in [0.25, 0.3) is 10.4 Å². The Kier molecular flexibility index (Phi) is 6.45. The minimum absolute atomic E-state index is 0.239. The van der Waals surface area contributed by atoms with Crippen molar-refractivity contribution in [2.45, 2.75) is 38.3 Å². The summed E-state index contributed by atoms with van der Waals surface area (Å²) in [5.74, 6) is -0.239. The molecular weight excluding hydrogens is 182 g/mol. The Balaban J connectivity index is 4.39. The van der Waals surface area contributed by atoms with Gasteiger partial charge in [0, 0.05) is 11.3 Å². The van der Waals surface area contributed by atoms with E-state index in [0.717, 1.165) is 0 Å². The highest BCUT2D eigenvalue weighted by atomic mass is 16.3. The van der Waals surface area contributed by atoms with E-state index >= 15 is 0 Å². The van der Waals surface area contributed by atoms with Crippen LogP contribution in [0.2, 0.25) is 0 Å². The molecule has 0 aliphatic heterocycles. The van der Waals surface area contributed by atoms with E-state index in [9.17, 15) is 9.90 Å². The molecule has 1 N–H and O–H groups in total. The van der Waals surface area contributed by atoms with Crippen LogP contribution in [-0.4, -0.2) is 23.0 Å². The predicted molar refractivity (Wildman–Crippen MR) is 53.7 cm³/mol. The third kappa shape index (κ3) is 4.07. The fraction of sp³-hybridized carbons (Fsp3) is 0.667. The normalized spacial score (nSPS) is 13.9. The highest BCUT2D eigenvalue weighted by Gasteiger charge is 2.23. The van der Waals surface area contributed by atoms with Gasteiger partial charge in [-0.2, -0.15) is 0 Å². The number of Topliss-reactive ketones (excluding diaryl/α,β-unsaturated/α-hetero) is 1. The molecule has 0 rings (SSSR count). The fourth-order valence-corrected chi connectivity index (χ4v) is 1.03. The molecule has 78 valence electrons. The molecule has 14 heavy (non-hydrogen) atoms. The van der Waals surface area contributed by atoms with E-state index in [4.69, 9.17) is 5.53 Å². The molecule has 0 spiro atoms. The predicted octanol–water partition coefficient (Wildman–Crippen LogP) is 1.97. The van der Waals surface area contributed by atoms with Gasteiger partial charge in [-0.25, -0.2) is 0 Å². The van der Waals surface area contributed by atoms with Crippen molar-refractivity contribution in [2.75, 3.05) is 0 Å². The second kappa shape index (κ2) is 7.12. The first-order valence-corrected chi connectivity index (χ1v) is 4.53. The third-order valence-corrected chi connectivity index (χ3v) is 1.88. The lowest BCUT2D eigenvalue weighted by Gasteiger charge is -2.14. The summed E-state index contributed by atoms with van der Waals surface area (Å²) in [6.07, 6.45) is 1.91. The van der Waals surface area contributed by atoms with Crippen LogP contribution in [0, 0.1) is 0 Å². The van der Waals surface area contributed by atoms with E-state index in [0.29, 0.717) is 12.8 Å². The van der Waals surface area contributed by atoms with Gasteiger partial charge in [-0.15, -0.1) is 6.58 Å². The first-order valence-electron chi connectivity index (χ1n) is 4.53. The van der Waals surface area contributed by atoms with Crippen LogP contribution in [-0.2, 0) is 4.79 Å². The molecule has 0 aromatic rings. The highest BCUT2D eigenvalue weighted by Crippen LogP contribution is 2.09. The SMILES string of the molecule is C=CCCC(=O)C(N=[N+]=[N-])C(O)CC. The van der Waals surface area contributed by atoms with Crippen molar-refractivity contribution in [2.24, 2.45) is 5.11 Å². The molecule has 0 saturated carbocycles. The molecule has 0 radical (unpaired) electrons. The zero-order valence-corrected chi connectivity index (χ0v) is 8.26. The lowest BCUT2D eigenvalue weighted by molar-refractivity contribution is -0.122. The molecule has 2 atom stereocenters. The molecule has 0 bridgehead atoms. The molecule has 0 fully saturated rings. The Morgan fingerprint density at radius 1 is 1.79 bits per heavy atom. The van der Waals surface area contributed by atoms with Crippen molar-refractivity contribution in [1.82, 2.24) is 0 Å². The number of allylic oxidation sites excluding steroid dienone is 1. The standard InChI is InChI=1S/C9H15N3O2/c1-3-5-6-8(14)9(11-12-10)7(13)4-2/h3,7,9,13H,1,4-6H2,2H3. The molecule has 0 aromatic carbocycles. The first kappa shape index (κ1) is 12.7. The first-order chi connectivity index (χ1) is 6.67. The van der Waals surface area contributed by atoms with Crippen LogP contribution < -0.4 is 0 Å². The summed E-state index contributed by atoms with van der Waals surface area (Å²) in [6, 6.07) is -0.954. The Morgan fingerprint density at radius 2 is 2.43 bits per heavy atom. The molecule has 0 aliphatic rings. The lowest BCUT2D eigenvalue weighted by Crippen LogP contribution is -2.31. The molecule has 0 heterocycles. The summed E-state index contributed by atoms with van der Waals surface area (Å²) in [5, 5.41) is 12.7. The third-order valence-electron chi connectivity index (χ3n) is 1.88. The average Bonchev–Trinajstić information content (AvgIpc) is 2.21. The van der Waals surface area contributed by atoms with Crippen LogP contribution >= 0.6 is 0 Å². The van der Waals surface area contributed by atoms with Gasteiger partial charge in [-0.3, -0.25) is 4.79 Å². The molecule has 2 unspecified atom stereocenters. The lowest BCUT2D eigenvalue weighted by atomic mass is 10.0. The van der Waals surface area contributed by atoms with Gasteiger partial charge in [-0.1, -0.05) is 18.1 Å². The van der Waals surface area contributed by atoms with Gasteiger partial charge in [0.1, 0.15) is 11.8 Å². The van der Waals surface area contributed by atoms with Crippen molar-refractivity contribution in [3.63, 3.8) is 0 Å². The number of carbonyl (C=O) groups is 1. The van der Waals surface area contributed by atoms with Gasteiger partial charge in [0.25, 0.3) is 0 Å². The van der Waals surface area contributed by atoms with Gasteiger partial charge in [0.05, 0.1) is 6.10 Å². The van der Waals surface area contributed by atoms with E-state index in [1.807, 2.05) is 0 Å². The molecule has 0 aliphatic carbocycles. The van der Waals surface area contributed by atoms with Crippen molar-refractivity contribution in [3.05, 3.63) is 23.1 Å². The Bertz CT molecular complexity index is 246. The zero-order valence-electron chi connectivity index (χ0n) is 8.26. The second-order valence-electron chi connectivity index (χ2n) is 2.92. The Labute approximate surface area is 83.1 Å². The number of aliphatic hydroxyl groups excluding tert-OH is 1. The monoisotopic (exact) mass is 197 g/mol. The summed E-state index contributed by atoms with van der Waals surface area (Å²) >= 11 is 0. The molecule has 5 heteroatoms. The van der Waals surface area contributed by atoms with E-state index in [2.05, 4.69) is 16.6 Å². The summed E-state index contributed by atoms with van der Waals surface area (Å²) < 4.78 is 0. The van der Waals surface area contributed by atoms with Gasteiger partial charge in [-0.05, 0) is 18.4 Å². The zero-order chi connectivity index (χ0) is 11.0. The van der Waals surface area contributed by atoms with Crippen molar-refractivity contribution in [1.29, 1.82) is 0 Å². The van der Waals surface area contributed by atoms with Crippen LogP contribution in [0.3, 0.4) is 0 Å². The molecule has 0 saturated heterocycles. The van der Waals surface area contributed by atoms with Crippen LogP contribution in [0.1, 0.15) is 26.2 Å². The average molecular weight is 197 g/mol. The maximum Gasteiger partial charge on any atom is 0.144 e. The summed E-state index contributed by atoms with van der Waals surface area (Å²) in [6.45, 7) is 5.21. The summed E-state index contributed by atoms with van der Waals surface area (Å²) in [4.78, 5) is 14.0. The topological polar surface area (TPSA) is 86.1 Å². The Hall–Kier alpha value is -1.32. The number of rotatable bonds is 7. The van der Waals surface area contributed by atoms with E-state index in [1.165, 1.54) is 0 Å². The number of hydrogen-bond donors (Lipinski definition) is 1. The number of azide groups is 1. The number of nitrogens with zero attached hydrogens (tertiary/aromatic N) is 3. The molecule has 0 aromatic heterocycles. The van der Waals surface area contributed by atoms with Gasteiger partial charge in [0.2, 0.25) is 0 Å². The maximum absolute atomic E-state index is 11.4.